The van der Waals surface area contributed by atoms with Crippen LogP contribution in [0.3, 0.4) is 0 Å². The van der Waals surface area contributed by atoms with E-state index in [1.807, 2.05) is 13.8 Å². The standard InChI is InChI=1S/C18H36N2O5/c1-6-8-23-10-12-25-13-11-24-9-7-19-18(22)16(14(2)3)20-17(21)15(4)5/h14-16H,6-13H2,1-5H3,(H,19,22)(H,20,21). The van der Waals surface area contributed by atoms with Crippen molar-refractivity contribution in [1.29, 1.82) is 0 Å². The van der Waals surface area contributed by atoms with Gasteiger partial charge < -0.3 is 24.8 Å². The second-order valence-electron chi connectivity index (χ2n) is 6.51. The SMILES string of the molecule is CCCOCCOCCOCCNC(=O)C(NC(=O)C(C)C)C(C)C. The smallest absolute Gasteiger partial charge is 0.242 e. The average Bonchev–Trinajstić information content (AvgIpc) is 2.56. The van der Waals surface area contributed by atoms with Gasteiger partial charge in [-0.15, -0.1) is 0 Å². The zero-order valence-corrected chi connectivity index (χ0v) is 16.4. The molecular weight excluding hydrogens is 324 g/mol. The molecule has 1 unspecified atom stereocenters. The second kappa shape index (κ2) is 15.1. The highest BCUT2D eigenvalue weighted by molar-refractivity contribution is 5.88. The minimum atomic E-state index is -0.527. The molecule has 0 aliphatic heterocycles. The van der Waals surface area contributed by atoms with Gasteiger partial charge in [-0.05, 0) is 12.3 Å². The van der Waals surface area contributed by atoms with E-state index in [0.29, 0.717) is 39.6 Å². The molecule has 0 fully saturated rings. The van der Waals surface area contributed by atoms with Crippen LogP contribution >= 0.6 is 0 Å². The van der Waals surface area contributed by atoms with Crippen LogP contribution in [0.25, 0.3) is 0 Å². The summed E-state index contributed by atoms with van der Waals surface area (Å²) in [5.74, 6) is -0.432. The number of carbonyl (C=O) groups is 2. The zero-order valence-electron chi connectivity index (χ0n) is 16.4. The molecule has 0 saturated heterocycles. The predicted molar refractivity (Wildman–Crippen MR) is 97.4 cm³/mol. The Morgan fingerprint density at radius 3 is 1.80 bits per heavy atom. The molecule has 0 aromatic rings. The van der Waals surface area contributed by atoms with E-state index in [9.17, 15) is 9.59 Å². The molecule has 0 rings (SSSR count). The van der Waals surface area contributed by atoms with E-state index in [0.717, 1.165) is 13.0 Å². The first kappa shape index (κ1) is 23.8. The van der Waals surface area contributed by atoms with Crippen LogP contribution in [0.1, 0.15) is 41.0 Å². The van der Waals surface area contributed by atoms with Crippen molar-refractivity contribution in [2.45, 2.75) is 47.1 Å². The van der Waals surface area contributed by atoms with E-state index in [4.69, 9.17) is 14.2 Å². The van der Waals surface area contributed by atoms with Crippen molar-refractivity contribution in [3.63, 3.8) is 0 Å². The fourth-order valence-corrected chi connectivity index (χ4v) is 1.90. The van der Waals surface area contributed by atoms with Gasteiger partial charge in [0.25, 0.3) is 0 Å². The predicted octanol–water partition coefficient (Wildman–Crippen LogP) is 1.36. The Bertz CT molecular complexity index is 361. The molecule has 2 N–H and O–H groups in total. The summed E-state index contributed by atoms with van der Waals surface area (Å²) < 4.78 is 16.1. The van der Waals surface area contributed by atoms with Crippen LogP contribution in [0.15, 0.2) is 0 Å². The highest BCUT2D eigenvalue weighted by Crippen LogP contribution is 2.03. The van der Waals surface area contributed by atoms with Crippen molar-refractivity contribution >= 4 is 11.8 Å². The summed E-state index contributed by atoms with van der Waals surface area (Å²) in [5.41, 5.74) is 0. The topological polar surface area (TPSA) is 85.9 Å². The number of nitrogens with one attached hydrogen (secondary N) is 2. The fourth-order valence-electron chi connectivity index (χ4n) is 1.90. The molecule has 0 aromatic carbocycles. The van der Waals surface area contributed by atoms with Crippen molar-refractivity contribution in [3.05, 3.63) is 0 Å². The van der Waals surface area contributed by atoms with E-state index in [1.165, 1.54) is 0 Å². The number of ether oxygens (including phenoxy) is 3. The number of rotatable bonds is 15. The molecule has 0 aromatic heterocycles. The summed E-state index contributed by atoms with van der Waals surface area (Å²) in [5, 5.41) is 5.58. The first-order valence-electron chi connectivity index (χ1n) is 9.21. The maximum atomic E-state index is 12.2. The molecule has 0 bridgehead atoms. The first-order valence-corrected chi connectivity index (χ1v) is 9.21. The van der Waals surface area contributed by atoms with Gasteiger partial charge in [-0.1, -0.05) is 34.6 Å². The summed E-state index contributed by atoms with van der Waals surface area (Å²) in [6.07, 6.45) is 1.01. The van der Waals surface area contributed by atoms with Crippen LogP contribution in [-0.4, -0.2) is 64.0 Å². The summed E-state index contributed by atoms with van der Waals surface area (Å²) in [6.45, 7) is 13.2. The summed E-state index contributed by atoms with van der Waals surface area (Å²) in [7, 11) is 0. The van der Waals surface area contributed by atoms with Crippen molar-refractivity contribution in [1.82, 2.24) is 10.6 Å². The van der Waals surface area contributed by atoms with Crippen LogP contribution in [0.2, 0.25) is 0 Å². The van der Waals surface area contributed by atoms with Crippen LogP contribution in [0, 0.1) is 11.8 Å². The molecule has 0 aliphatic carbocycles. The molecule has 2 amide bonds. The van der Waals surface area contributed by atoms with E-state index >= 15 is 0 Å². The maximum Gasteiger partial charge on any atom is 0.242 e. The van der Waals surface area contributed by atoms with Gasteiger partial charge in [0.1, 0.15) is 6.04 Å². The minimum absolute atomic E-state index is 0.0203. The number of hydrogen-bond acceptors (Lipinski definition) is 5. The van der Waals surface area contributed by atoms with Gasteiger partial charge >= 0.3 is 0 Å². The molecule has 7 nitrogen and oxygen atoms in total. The molecule has 0 spiro atoms. The minimum Gasteiger partial charge on any atom is -0.379 e. The molecule has 0 heterocycles. The third-order valence-corrected chi connectivity index (χ3v) is 3.41. The number of amides is 2. The van der Waals surface area contributed by atoms with Crippen LogP contribution in [0.5, 0.6) is 0 Å². The Labute approximate surface area is 152 Å². The van der Waals surface area contributed by atoms with Gasteiger partial charge in [-0.25, -0.2) is 0 Å². The van der Waals surface area contributed by atoms with Gasteiger partial charge in [0, 0.05) is 19.1 Å². The van der Waals surface area contributed by atoms with Crippen molar-refractivity contribution in [2.75, 3.05) is 46.2 Å². The third-order valence-electron chi connectivity index (χ3n) is 3.41. The second-order valence-corrected chi connectivity index (χ2v) is 6.51. The van der Waals surface area contributed by atoms with Crippen LogP contribution < -0.4 is 10.6 Å². The lowest BCUT2D eigenvalue weighted by atomic mass is 10.0. The van der Waals surface area contributed by atoms with Gasteiger partial charge in [0.15, 0.2) is 0 Å². The van der Waals surface area contributed by atoms with E-state index in [-0.39, 0.29) is 23.7 Å². The zero-order chi connectivity index (χ0) is 19.1. The molecule has 0 radical (unpaired) electrons. The fraction of sp³-hybridized carbons (Fsp3) is 0.889. The summed E-state index contributed by atoms with van der Waals surface area (Å²) in [4.78, 5) is 24.0. The number of hydrogen-bond donors (Lipinski definition) is 2. The van der Waals surface area contributed by atoms with Crippen molar-refractivity contribution in [3.8, 4) is 0 Å². The van der Waals surface area contributed by atoms with E-state index < -0.39 is 6.04 Å². The lowest BCUT2D eigenvalue weighted by Crippen LogP contribution is -2.51. The van der Waals surface area contributed by atoms with Gasteiger partial charge in [-0.3, -0.25) is 9.59 Å². The quantitative estimate of drug-likeness (QED) is 0.431. The van der Waals surface area contributed by atoms with Gasteiger partial charge in [-0.2, -0.15) is 0 Å². The lowest BCUT2D eigenvalue weighted by molar-refractivity contribution is -0.131. The Kier molecular flexibility index (Phi) is 14.4. The highest BCUT2D eigenvalue weighted by Gasteiger charge is 2.24. The van der Waals surface area contributed by atoms with Crippen LogP contribution in [-0.2, 0) is 23.8 Å². The van der Waals surface area contributed by atoms with Crippen molar-refractivity contribution < 1.29 is 23.8 Å². The number of carbonyl (C=O) groups excluding carboxylic acids is 2. The molecule has 7 heteroatoms. The summed E-state index contributed by atoms with van der Waals surface area (Å²) >= 11 is 0. The Morgan fingerprint density at radius 1 is 0.800 bits per heavy atom. The summed E-state index contributed by atoms with van der Waals surface area (Å²) in [6, 6.07) is -0.527. The molecule has 148 valence electrons. The first-order chi connectivity index (χ1) is 11.9. The Hall–Kier alpha value is -1.18. The molecule has 0 saturated carbocycles. The van der Waals surface area contributed by atoms with Crippen LogP contribution in [0.4, 0.5) is 0 Å². The largest absolute Gasteiger partial charge is 0.379 e. The maximum absolute atomic E-state index is 12.2. The van der Waals surface area contributed by atoms with Gasteiger partial charge in [0.05, 0.1) is 33.0 Å². The normalized spacial score (nSPS) is 12.4. The van der Waals surface area contributed by atoms with Crippen molar-refractivity contribution in [2.24, 2.45) is 11.8 Å². The highest BCUT2D eigenvalue weighted by atomic mass is 16.5. The monoisotopic (exact) mass is 360 g/mol. The molecule has 0 aliphatic rings. The van der Waals surface area contributed by atoms with E-state index in [2.05, 4.69) is 17.6 Å². The molecular formula is C18H36N2O5. The lowest BCUT2D eigenvalue weighted by Gasteiger charge is -2.22. The Balaban J connectivity index is 3.74. The third kappa shape index (κ3) is 12.8. The molecule has 1 atom stereocenters. The Morgan fingerprint density at radius 2 is 1.32 bits per heavy atom. The average molecular weight is 360 g/mol. The van der Waals surface area contributed by atoms with E-state index in [1.54, 1.807) is 13.8 Å². The van der Waals surface area contributed by atoms with Gasteiger partial charge in [0.2, 0.25) is 11.8 Å². The molecule has 25 heavy (non-hydrogen) atoms.